The second-order valence-corrected chi connectivity index (χ2v) is 3.38. The average molecular weight is 183 g/mol. The lowest BCUT2D eigenvalue weighted by Gasteiger charge is -2.14. The molecule has 0 aliphatic rings. The number of benzene rings is 1. The molecular formula is C9H13NOS. The average Bonchev–Trinajstić information content (AvgIpc) is 2.03. The maximum Gasteiger partial charge on any atom is 0.0704 e. The second-order valence-electron chi connectivity index (χ2n) is 2.86. The molecule has 66 valence electrons. The van der Waals surface area contributed by atoms with E-state index in [4.69, 9.17) is 5.73 Å². The summed E-state index contributed by atoms with van der Waals surface area (Å²) >= 11 is 4.18. The molecule has 2 nitrogen and oxygen atoms in total. The molecule has 2 atom stereocenters. The van der Waals surface area contributed by atoms with E-state index in [1.54, 1.807) is 6.92 Å². The topological polar surface area (TPSA) is 46.2 Å². The van der Waals surface area contributed by atoms with Gasteiger partial charge in [-0.1, -0.05) is 12.1 Å². The molecule has 0 bridgehead atoms. The van der Waals surface area contributed by atoms with Crippen molar-refractivity contribution in [2.75, 3.05) is 0 Å². The molecule has 0 saturated carbocycles. The molecule has 0 heterocycles. The van der Waals surface area contributed by atoms with Crippen LogP contribution in [0.15, 0.2) is 29.2 Å². The van der Waals surface area contributed by atoms with Crippen molar-refractivity contribution in [1.82, 2.24) is 0 Å². The van der Waals surface area contributed by atoms with Crippen molar-refractivity contribution in [2.24, 2.45) is 5.73 Å². The maximum atomic E-state index is 9.22. The van der Waals surface area contributed by atoms with Crippen LogP contribution in [0.25, 0.3) is 0 Å². The summed E-state index contributed by atoms with van der Waals surface area (Å²) in [6, 6.07) is 7.18. The smallest absolute Gasteiger partial charge is 0.0704 e. The fraction of sp³-hybridized carbons (Fsp3) is 0.333. The summed E-state index contributed by atoms with van der Waals surface area (Å²) < 4.78 is 0. The monoisotopic (exact) mass is 183 g/mol. The maximum absolute atomic E-state index is 9.22. The molecule has 0 fully saturated rings. The number of hydrogen-bond donors (Lipinski definition) is 3. The molecule has 0 aromatic heterocycles. The van der Waals surface area contributed by atoms with Crippen LogP contribution in [-0.4, -0.2) is 11.2 Å². The lowest BCUT2D eigenvalue weighted by molar-refractivity contribution is 0.164. The normalized spacial score (nSPS) is 15.7. The Kier molecular flexibility index (Phi) is 3.14. The zero-order chi connectivity index (χ0) is 9.14. The van der Waals surface area contributed by atoms with Crippen LogP contribution < -0.4 is 5.73 Å². The zero-order valence-electron chi connectivity index (χ0n) is 6.94. The molecule has 3 N–H and O–H groups in total. The SMILES string of the molecule is CC(O)[C@@H](N)c1cccc(S)c1. The van der Waals surface area contributed by atoms with Crippen LogP contribution >= 0.6 is 12.6 Å². The fourth-order valence-electron chi connectivity index (χ4n) is 1.01. The van der Waals surface area contributed by atoms with E-state index >= 15 is 0 Å². The van der Waals surface area contributed by atoms with Crippen LogP contribution in [-0.2, 0) is 0 Å². The molecule has 1 unspecified atom stereocenters. The first-order chi connectivity index (χ1) is 5.61. The van der Waals surface area contributed by atoms with Gasteiger partial charge in [0.2, 0.25) is 0 Å². The van der Waals surface area contributed by atoms with Crippen LogP contribution in [0.5, 0.6) is 0 Å². The number of aliphatic hydroxyl groups is 1. The lowest BCUT2D eigenvalue weighted by Crippen LogP contribution is -2.22. The van der Waals surface area contributed by atoms with Crippen LogP contribution in [0.4, 0.5) is 0 Å². The Morgan fingerprint density at radius 2 is 2.17 bits per heavy atom. The number of nitrogens with two attached hydrogens (primary N) is 1. The molecule has 0 aliphatic heterocycles. The van der Waals surface area contributed by atoms with E-state index < -0.39 is 6.10 Å². The largest absolute Gasteiger partial charge is 0.391 e. The minimum Gasteiger partial charge on any atom is -0.391 e. The standard InChI is InChI=1S/C9H13NOS/c1-6(11)9(10)7-3-2-4-8(12)5-7/h2-6,9,11-12H,10H2,1H3/t6?,9-/m1/s1. The summed E-state index contributed by atoms with van der Waals surface area (Å²) in [5, 5.41) is 9.22. The highest BCUT2D eigenvalue weighted by atomic mass is 32.1. The predicted octanol–water partition coefficient (Wildman–Crippen LogP) is 1.36. The van der Waals surface area contributed by atoms with Gasteiger partial charge < -0.3 is 10.8 Å². The van der Waals surface area contributed by atoms with E-state index in [1.165, 1.54) is 0 Å². The molecule has 1 aromatic carbocycles. The number of thiol groups is 1. The number of rotatable bonds is 2. The highest BCUT2D eigenvalue weighted by Gasteiger charge is 2.11. The Morgan fingerprint density at radius 1 is 1.50 bits per heavy atom. The Balaban J connectivity index is 2.88. The quantitative estimate of drug-likeness (QED) is 0.606. The summed E-state index contributed by atoms with van der Waals surface area (Å²) in [4.78, 5) is 0.864. The first kappa shape index (κ1) is 9.58. The third kappa shape index (κ3) is 2.24. The van der Waals surface area contributed by atoms with Gasteiger partial charge in [0.25, 0.3) is 0 Å². The van der Waals surface area contributed by atoms with Gasteiger partial charge in [-0.2, -0.15) is 0 Å². The highest BCUT2D eigenvalue weighted by Crippen LogP contribution is 2.17. The minimum absolute atomic E-state index is 0.322. The van der Waals surface area contributed by atoms with Gasteiger partial charge in [-0.05, 0) is 24.6 Å². The van der Waals surface area contributed by atoms with Gasteiger partial charge in [-0.3, -0.25) is 0 Å². The predicted molar refractivity (Wildman–Crippen MR) is 52.3 cm³/mol. The number of hydrogen-bond acceptors (Lipinski definition) is 3. The molecule has 1 aromatic rings. The molecule has 0 saturated heterocycles. The highest BCUT2D eigenvalue weighted by molar-refractivity contribution is 7.80. The molecular weight excluding hydrogens is 170 g/mol. The van der Waals surface area contributed by atoms with Crippen molar-refractivity contribution >= 4 is 12.6 Å². The van der Waals surface area contributed by atoms with Crippen LogP contribution in [0, 0.1) is 0 Å². The summed E-state index contributed by atoms with van der Waals surface area (Å²) in [6.07, 6.45) is -0.528. The summed E-state index contributed by atoms with van der Waals surface area (Å²) in [7, 11) is 0. The summed E-state index contributed by atoms with van der Waals surface area (Å²) in [5.74, 6) is 0. The third-order valence-corrected chi connectivity index (χ3v) is 2.05. The summed E-state index contributed by atoms with van der Waals surface area (Å²) in [6.45, 7) is 1.68. The van der Waals surface area contributed by atoms with Crippen LogP contribution in [0.1, 0.15) is 18.5 Å². The molecule has 0 radical (unpaired) electrons. The lowest BCUT2D eigenvalue weighted by atomic mass is 10.0. The van der Waals surface area contributed by atoms with Crippen molar-refractivity contribution < 1.29 is 5.11 Å². The van der Waals surface area contributed by atoms with Crippen molar-refractivity contribution in [1.29, 1.82) is 0 Å². The van der Waals surface area contributed by atoms with Crippen molar-refractivity contribution in [3.63, 3.8) is 0 Å². The second kappa shape index (κ2) is 3.94. The molecule has 0 spiro atoms. The van der Waals surface area contributed by atoms with Crippen LogP contribution in [0.2, 0.25) is 0 Å². The Bertz CT molecular complexity index is 262. The van der Waals surface area contributed by atoms with Crippen molar-refractivity contribution in [3.8, 4) is 0 Å². The van der Waals surface area contributed by atoms with Gasteiger partial charge in [-0.15, -0.1) is 12.6 Å². The van der Waals surface area contributed by atoms with Gasteiger partial charge in [0.1, 0.15) is 0 Å². The molecule has 3 heteroatoms. The minimum atomic E-state index is -0.528. The van der Waals surface area contributed by atoms with Gasteiger partial charge in [0, 0.05) is 4.90 Å². The van der Waals surface area contributed by atoms with Gasteiger partial charge in [0.15, 0.2) is 0 Å². The van der Waals surface area contributed by atoms with E-state index in [2.05, 4.69) is 12.6 Å². The molecule has 1 rings (SSSR count). The fourth-order valence-corrected chi connectivity index (χ4v) is 1.25. The Morgan fingerprint density at radius 3 is 2.67 bits per heavy atom. The van der Waals surface area contributed by atoms with E-state index in [0.29, 0.717) is 0 Å². The van der Waals surface area contributed by atoms with Gasteiger partial charge in [-0.25, -0.2) is 0 Å². The van der Waals surface area contributed by atoms with Crippen molar-refractivity contribution in [2.45, 2.75) is 24.0 Å². The van der Waals surface area contributed by atoms with Crippen LogP contribution in [0.3, 0.4) is 0 Å². The Hall–Kier alpha value is -0.510. The molecule has 0 aliphatic carbocycles. The first-order valence-corrected chi connectivity index (χ1v) is 4.28. The van der Waals surface area contributed by atoms with Gasteiger partial charge >= 0.3 is 0 Å². The van der Waals surface area contributed by atoms with E-state index in [1.807, 2.05) is 24.3 Å². The molecule has 12 heavy (non-hydrogen) atoms. The van der Waals surface area contributed by atoms with E-state index in [9.17, 15) is 5.11 Å². The third-order valence-electron chi connectivity index (χ3n) is 1.77. The van der Waals surface area contributed by atoms with Gasteiger partial charge in [0.05, 0.1) is 12.1 Å². The summed E-state index contributed by atoms with van der Waals surface area (Å²) in [5.41, 5.74) is 6.64. The first-order valence-electron chi connectivity index (χ1n) is 3.84. The number of aliphatic hydroxyl groups excluding tert-OH is 1. The van der Waals surface area contributed by atoms with E-state index in [0.717, 1.165) is 10.5 Å². The zero-order valence-corrected chi connectivity index (χ0v) is 7.83. The molecule has 0 amide bonds. The van der Waals surface area contributed by atoms with Crippen molar-refractivity contribution in [3.05, 3.63) is 29.8 Å². The van der Waals surface area contributed by atoms with E-state index in [-0.39, 0.29) is 6.04 Å². The Labute approximate surface area is 77.8 Å².